The number of ether oxygens (including phenoxy) is 1. The molecule has 23 heavy (non-hydrogen) atoms. The molecule has 0 spiro atoms. The van der Waals surface area contributed by atoms with Gasteiger partial charge in [-0.2, -0.15) is 5.26 Å². The number of rotatable bonds is 4. The van der Waals surface area contributed by atoms with E-state index < -0.39 is 5.97 Å². The molecule has 1 heterocycles. The van der Waals surface area contributed by atoms with Gasteiger partial charge in [-0.15, -0.1) is 0 Å². The quantitative estimate of drug-likeness (QED) is 0.760. The zero-order valence-corrected chi connectivity index (χ0v) is 11.7. The number of aromatic nitrogens is 1. The van der Waals surface area contributed by atoms with E-state index in [9.17, 15) is 9.90 Å². The number of aromatic hydroxyl groups is 1. The van der Waals surface area contributed by atoms with E-state index in [1.165, 1.54) is 30.3 Å². The molecule has 0 saturated carbocycles. The SMILES string of the molecule is N#Cc1cc(O)ccc1OCc1nc2ccc(C(=O)O)cc2o1. The largest absolute Gasteiger partial charge is 0.508 e. The second kappa shape index (κ2) is 5.69. The highest BCUT2D eigenvalue weighted by atomic mass is 16.5. The van der Waals surface area contributed by atoms with Crippen molar-refractivity contribution >= 4 is 17.1 Å². The van der Waals surface area contributed by atoms with Crippen molar-refractivity contribution in [3.8, 4) is 17.6 Å². The van der Waals surface area contributed by atoms with E-state index in [1.807, 2.05) is 6.07 Å². The van der Waals surface area contributed by atoms with E-state index in [1.54, 1.807) is 6.07 Å². The van der Waals surface area contributed by atoms with Gasteiger partial charge in [0.05, 0.1) is 11.1 Å². The lowest BCUT2D eigenvalue weighted by Gasteiger charge is -2.05. The van der Waals surface area contributed by atoms with E-state index in [2.05, 4.69) is 4.98 Å². The topological polar surface area (TPSA) is 117 Å². The zero-order chi connectivity index (χ0) is 16.4. The van der Waals surface area contributed by atoms with Gasteiger partial charge in [0.2, 0.25) is 5.89 Å². The number of carboxylic acids is 1. The Kier molecular flexibility index (Phi) is 3.57. The second-order valence-corrected chi connectivity index (χ2v) is 4.68. The number of benzene rings is 2. The van der Waals surface area contributed by atoms with E-state index in [-0.39, 0.29) is 29.4 Å². The number of hydrogen-bond donors (Lipinski definition) is 2. The molecule has 0 aliphatic heterocycles. The molecular weight excluding hydrogens is 300 g/mol. The maximum absolute atomic E-state index is 10.9. The van der Waals surface area contributed by atoms with Gasteiger partial charge in [-0.1, -0.05) is 0 Å². The fraction of sp³-hybridized carbons (Fsp3) is 0.0625. The van der Waals surface area contributed by atoms with Gasteiger partial charge in [0, 0.05) is 6.07 Å². The first kappa shape index (κ1) is 14.4. The molecule has 0 radical (unpaired) electrons. The summed E-state index contributed by atoms with van der Waals surface area (Å²) in [5.74, 6) is -0.542. The van der Waals surface area contributed by atoms with E-state index >= 15 is 0 Å². The predicted octanol–water partition coefficient (Wildman–Crippen LogP) is 2.68. The van der Waals surface area contributed by atoms with Crippen LogP contribution in [-0.4, -0.2) is 21.2 Å². The first-order valence-electron chi connectivity index (χ1n) is 6.55. The normalized spacial score (nSPS) is 10.4. The number of nitrogens with zero attached hydrogens (tertiary/aromatic N) is 2. The number of carboxylic acid groups (broad SMARTS) is 1. The predicted molar refractivity (Wildman–Crippen MR) is 78.1 cm³/mol. The first-order chi connectivity index (χ1) is 11.1. The van der Waals surface area contributed by atoms with Crippen molar-refractivity contribution < 1.29 is 24.2 Å². The van der Waals surface area contributed by atoms with Crippen LogP contribution in [0.25, 0.3) is 11.1 Å². The molecule has 2 N–H and O–H groups in total. The summed E-state index contributed by atoms with van der Waals surface area (Å²) in [6, 6.07) is 10.5. The van der Waals surface area contributed by atoms with Crippen molar-refractivity contribution in [1.82, 2.24) is 4.98 Å². The van der Waals surface area contributed by atoms with Crippen LogP contribution in [0.1, 0.15) is 21.8 Å². The highest BCUT2D eigenvalue weighted by Gasteiger charge is 2.11. The van der Waals surface area contributed by atoms with Gasteiger partial charge >= 0.3 is 5.97 Å². The Hall–Kier alpha value is -3.53. The van der Waals surface area contributed by atoms with E-state index in [4.69, 9.17) is 19.5 Å². The van der Waals surface area contributed by atoms with Crippen LogP contribution >= 0.6 is 0 Å². The van der Waals surface area contributed by atoms with Crippen LogP contribution in [-0.2, 0) is 6.61 Å². The minimum absolute atomic E-state index is 0.0306. The van der Waals surface area contributed by atoms with Crippen molar-refractivity contribution in [2.45, 2.75) is 6.61 Å². The van der Waals surface area contributed by atoms with Crippen molar-refractivity contribution in [2.24, 2.45) is 0 Å². The fourth-order valence-corrected chi connectivity index (χ4v) is 2.04. The van der Waals surface area contributed by atoms with Gasteiger partial charge in [-0.25, -0.2) is 9.78 Å². The van der Waals surface area contributed by atoms with Gasteiger partial charge in [0.1, 0.15) is 23.1 Å². The number of phenols is 1. The lowest BCUT2D eigenvalue weighted by Crippen LogP contribution is -1.97. The fourth-order valence-electron chi connectivity index (χ4n) is 2.04. The molecule has 7 heteroatoms. The Morgan fingerprint density at radius 1 is 1.30 bits per heavy atom. The summed E-state index contributed by atoms with van der Waals surface area (Å²) in [6.45, 7) is -0.0312. The molecule has 7 nitrogen and oxygen atoms in total. The maximum Gasteiger partial charge on any atom is 0.335 e. The van der Waals surface area contributed by atoms with Gasteiger partial charge in [0.15, 0.2) is 12.2 Å². The molecule has 0 fully saturated rings. The summed E-state index contributed by atoms with van der Waals surface area (Å²) >= 11 is 0. The lowest BCUT2D eigenvalue weighted by atomic mass is 10.2. The molecular formula is C16H10N2O5. The molecule has 1 aromatic heterocycles. The van der Waals surface area contributed by atoms with Crippen LogP contribution in [0.4, 0.5) is 0 Å². The summed E-state index contributed by atoms with van der Waals surface area (Å²) in [5.41, 5.74) is 1.15. The van der Waals surface area contributed by atoms with Crippen LogP contribution < -0.4 is 4.74 Å². The van der Waals surface area contributed by atoms with Crippen LogP contribution in [0.15, 0.2) is 40.8 Å². The average Bonchev–Trinajstić information content (AvgIpc) is 2.95. The Bertz CT molecular complexity index is 939. The average molecular weight is 310 g/mol. The van der Waals surface area contributed by atoms with E-state index in [0.29, 0.717) is 16.8 Å². The van der Waals surface area contributed by atoms with Crippen LogP contribution in [0.3, 0.4) is 0 Å². The molecule has 114 valence electrons. The van der Waals surface area contributed by atoms with E-state index in [0.717, 1.165) is 0 Å². The Balaban J connectivity index is 1.82. The molecule has 0 amide bonds. The summed E-state index contributed by atoms with van der Waals surface area (Å²) in [6.07, 6.45) is 0. The monoisotopic (exact) mass is 310 g/mol. The highest BCUT2D eigenvalue weighted by molar-refractivity contribution is 5.91. The third-order valence-corrected chi connectivity index (χ3v) is 3.11. The summed E-state index contributed by atoms with van der Waals surface area (Å²) in [7, 11) is 0. The zero-order valence-electron chi connectivity index (χ0n) is 11.7. The lowest BCUT2D eigenvalue weighted by molar-refractivity contribution is 0.0697. The Labute approximate surface area is 130 Å². The number of phenolic OH excluding ortho intramolecular Hbond substituents is 1. The van der Waals surface area contributed by atoms with Crippen LogP contribution in [0.2, 0.25) is 0 Å². The Morgan fingerprint density at radius 2 is 2.13 bits per heavy atom. The number of aromatic carboxylic acids is 1. The maximum atomic E-state index is 10.9. The van der Waals surface area contributed by atoms with Gasteiger partial charge in [0.25, 0.3) is 0 Å². The summed E-state index contributed by atoms with van der Waals surface area (Å²) < 4.78 is 10.9. The van der Waals surface area contributed by atoms with Gasteiger partial charge in [-0.05, 0) is 30.3 Å². The minimum Gasteiger partial charge on any atom is -0.508 e. The van der Waals surface area contributed by atoms with Crippen LogP contribution in [0.5, 0.6) is 11.5 Å². The molecule has 3 aromatic rings. The summed E-state index contributed by atoms with van der Waals surface area (Å²) in [4.78, 5) is 15.1. The number of hydrogen-bond acceptors (Lipinski definition) is 6. The molecule has 0 saturated heterocycles. The molecule has 2 aromatic carbocycles. The molecule has 0 unspecified atom stereocenters. The third-order valence-electron chi connectivity index (χ3n) is 3.11. The second-order valence-electron chi connectivity index (χ2n) is 4.68. The molecule has 0 aliphatic rings. The number of oxazole rings is 1. The molecule has 3 rings (SSSR count). The van der Waals surface area contributed by atoms with Crippen LogP contribution in [0, 0.1) is 11.3 Å². The smallest absolute Gasteiger partial charge is 0.335 e. The summed E-state index contributed by atoms with van der Waals surface area (Å²) in [5, 5.41) is 27.3. The molecule has 0 bridgehead atoms. The third kappa shape index (κ3) is 2.91. The number of fused-ring (bicyclic) bond motifs is 1. The highest BCUT2D eigenvalue weighted by Crippen LogP contribution is 2.24. The van der Waals surface area contributed by atoms with Crippen molar-refractivity contribution in [1.29, 1.82) is 5.26 Å². The first-order valence-corrected chi connectivity index (χ1v) is 6.55. The number of carbonyl (C=O) groups is 1. The molecule has 0 atom stereocenters. The van der Waals surface area contributed by atoms with Crippen molar-refractivity contribution in [2.75, 3.05) is 0 Å². The molecule has 0 aliphatic carbocycles. The van der Waals surface area contributed by atoms with Gasteiger partial charge < -0.3 is 19.4 Å². The van der Waals surface area contributed by atoms with Crippen molar-refractivity contribution in [3.05, 3.63) is 53.4 Å². The standard InChI is InChI=1S/C16H10N2O5/c17-7-10-5-11(19)2-4-13(10)22-8-15-18-12-3-1-9(16(20)21)6-14(12)23-15/h1-6,19H,8H2,(H,20,21). The van der Waals surface area contributed by atoms with Crippen molar-refractivity contribution in [3.63, 3.8) is 0 Å². The Morgan fingerprint density at radius 3 is 2.87 bits per heavy atom. The van der Waals surface area contributed by atoms with Gasteiger partial charge in [-0.3, -0.25) is 0 Å². The minimum atomic E-state index is -1.05. The number of nitriles is 1.